The molecule has 0 atom stereocenters. The van der Waals surface area contributed by atoms with Crippen LogP contribution in [0.25, 0.3) is 0 Å². The van der Waals surface area contributed by atoms with Crippen LogP contribution in [0.5, 0.6) is 0 Å². The second-order valence-corrected chi connectivity index (χ2v) is 3.47. The number of nitrogens with one attached hydrogen (secondary N) is 3. The molecule has 15 heavy (non-hydrogen) atoms. The molecule has 1 rings (SSSR count). The van der Waals surface area contributed by atoms with Crippen molar-refractivity contribution in [1.29, 1.82) is 0 Å². The fourth-order valence-electron chi connectivity index (χ4n) is 0.905. The molecule has 0 spiro atoms. The van der Waals surface area contributed by atoms with Crippen LogP contribution in [-0.2, 0) is 27.5 Å². The Kier molecular flexibility index (Phi) is 12.7. The van der Waals surface area contributed by atoms with Gasteiger partial charge in [-0.3, -0.25) is 8.42 Å². The fourth-order valence-corrected chi connectivity index (χ4v) is 0.905. The van der Waals surface area contributed by atoms with Gasteiger partial charge in [0.25, 0.3) is 0 Å². The minimum atomic E-state index is -5.17. The zero-order valence-corrected chi connectivity index (χ0v) is 10.2. The summed E-state index contributed by atoms with van der Waals surface area (Å²) >= 11 is 0. The summed E-state index contributed by atoms with van der Waals surface area (Å²) in [6.45, 7) is 6.59. The molecule has 1 saturated heterocycles. The maximum Gasteiger partial charge on any atom is 2.00 e. The van der Waals surface area contributed by atoms with Gasteiger partial charge in [0.2, 0.25) is 0 Å². The van der Waals surface area contributed by atoms with Crippen molar-refractivity contribution in [2.24, 2.45) is 0 Å². The molecular formula is C6H15MnN3O4S. The topological polar surface area (TPSA) is 116 Å². The predicted octanol–water partition coefficient (Wildman–Crippen LogP) is -2.57. The van der Waals surface area contributed by atoms with Crippen molar-refractivity contribution in [3.05, 3.63) is 0 Å². The van der Waals surface area contributed by atoms with Crippen LogP contribution in [0, 0.1) is 0 Å². The maximum absolute atomic E-state index is 8.52. The Morgan fingerprint density at radius 3 is 1.00 bits per heavy atom. The van der Waals surface area contributed by atoms with Crippen molar-refractivity contribution in [3.63, 3.8) is 0 Å². The van der Waals surface area contributed by atoms with Crippen LogP contribution >= 0.6 is 0 Å². The summed E-state index contributed by atoms with van der Waals surface area (Å²) in [5.74, 6) is 0. The Morgan fingerprint density at radius 2 is 0.867 bits per heavy atom. The molecule has 0 amide bonds. The molecule has 0 aromatic heterocycles. The molecule has 91 valence electrons. The first kappa shape index (κ1) is 17.7. The zero-order chi connectivity index (χ0) is 10.9. The summed E-state index contributed by atoms with van der Waals surface area (Å²) in [6, 6.07) is 0. The minimum Gasteiger partial charge on any atom is -0.759 e. The molecule has 1 radical (unpaired) electrons. The Labute approximate surface area is 100 Å². The van der Waals surface area contributed by atoms with Gasteiger partial charge in [0.05, 0.1) is 0 Å². The first-order chi connectivity index (χ1) is 6.50. The van der Waals surface area contributed by atoms with Gasteiger partial charge in [0, 0.05) is 49.7 Å². The number of hydrogen-bond acceptors (Lipinski definition) is 7. The molecule has 0 bridgehead atoms. The van der Waals surface area contributed by atoms with Gasteiger partial charge in [-0.15, -0.1) is 0 Å². The van der Waals surface area contributed by atoms with Crippen LogP contribution in [0.2, 0.25) is 0 Å². The Hall–Kier alpha value is 0.269. The van der Waals surface area contributed by atoms with E-state index in [0.29, 0.717) is 0 Å². The molecule has 7 nitrogen and oxygen atoms in total. The Balaban J connectivity index is 0. The monoisotopic (exact) mass is 280 g/mol. The molecule has 0 aromatic rings. The predicted molar refractivity (Wildman–Crippen MR) is 49.1 cm³/mol. The molecule has 0 aliphatic carbocycles. The van der Waals surface area contributed by atoms with E-state index >= 15 is 0 Å². The molecule has 0 unspecified atom stereocenters. The molecule has 1 aliphatic rings. The first-order valence-electron chi connectivity index (χ1n) is 4.29. The molecule has 0 saturated carbocycles. The normalized spacial score (nSPS) is 18.3. The molecule has 3 N–H and O–H groups in total. The third-order valence-electron chi connectivity index (χ3n) is 1.44. The summed E-state index contributed by atoms with van der Waals surface area (Å²) < 4.78 is 34.1. The van der Waals surface area contributed by atoms with Crippen LogP contribution in [0.4, 0.5) is 0 Å². The molecule has 1 fully saturated rings. The van der Waals surface area contributed by atoms with Gasteiger partial charge in [-0.05, 0) is 0 Å². The van der Waals surface area contributed by atoms with Gasteiger partial charge in [0.15, 0.2) is 0 Å². The van der Waals surface area contributed by atoms with E-state index in [-0.39, 0.29) is 17.1 Å². The molecular weight excluding hydrogens is 265 g/mol. The average molecular weight is 280 g/mol. The van der Waals surface area contributed by atoms with E-state index in [2.05, 4.69) is 16.0 Å². The zero-order valence-electron chi connectivity index (χ0n) is 8.16. The van der Waals surface area contributed by atoms with E-state index in [9.17, 15) is 0 Å². The first-order valence-corrected chi connectivity index (χ1v) is 5.62. The van der Waals surface area contributed by atoms with Crippen molar-refractivity contribution in [2.45, 2.75) is 0 Å². The number of rotatable bonds is 0. The van der Waals surface area contributed by atoms with Gasteiger partial charge >= 0.3 is 17.1 Å². The third kappa shape index (κ3) is 25.0. The van der Waals surface area contributed by atoms with Crippen LogP contribution in [0.15, 0.2) is 0 Å². The fraction of sp³-hybridized carbons (Fsp3) is 1.00. The standard InChI is InChI=1S/C6H15N3.Mn.H2O4S/c1-2-8-5-6-9-4-3-7-1;;1-5(2,3)4/h7-9H,1-6H2;;(H2,1,2,3,4)/q;+2;/p-2. The van der Waals surface area contributed by atoms with Gasteiger partial charge < -0.3 is 25.1 Å². The molecule has 0 aromatic carbocycles. The van der Waals surface area contributed by atoms with Crippen molar-refractivity contribution in [1.82, 2.24) is 16.0 Å². The van der Waals surface area contributed by atoms with Crippen molar-refractivity contribution in [3.8, 4) is 0 Å². The Morgan fingerprint density at radius 1 is 0.733 bits per heavy atom. The Bertz CT molecular complexity index is 188. The molecule has 9 heteroatoms. The average Bonchev–Trinajstić information content (AvgIpc) is 2.14. The van der Waals surface area contributed by atoms with Crippen LogP contribution in [0.1, 0.15) is 0 Å². The van der Waals surface area contributed by atoms with Gasteiger partial charge in [-0.25, -0.2) is 0 Å². The van der Waals surface area contributed by atoms with Crippen LogP contribution < -0.4 is 16.0 Å². The summed E-state index contributed by atoms with van der Waals surface area (Å²) in [5, 5.41) is 9.91. The largest absolute Gasteiger partial charge is 2.00 e. The smallest absolute Gasteiger partial charge is 0.759 e. The van der Waals surface area contributed by atoms with E-state index in [1.165, 1.54) is 0 Å². The summed E-state index contributed by atoms with van der Waals surface area (Å²) in [4.78, 5) is 0. The SMILES string of the molecule is C1CNCCNCCN1.O=S(=O)([O-])[O-].[Mn+2]. The van der Waals surface area contributed by atoms with Gasteiger partial charge in [-0.2, -0.15) is 0 Å². The van der Waals surface area contributed by atoms with E-state index in [4.69, 9.17) is 17.5 Å². The summed E-state index contributed by atoms with van der Waals surface area (Å²) in [5.41, 5.74) is 0. The van der Waals surface area contributed by atoms with E-state index in [1.807, 2.05) is 0 Å². The van der Waals surface area contributed by atoms with Gasteiger partial charge in [0.1, 0.15) is 0 Å². The second-order valence-electron chi connectivity index (χ2n) is 2.66. The maximum atomic E-state index is 8.52. The number of hydrogen-bond donors (Lipinski definition) is 3. The van der Waals surface area contributed by atoms with Crippen molar-refractivity contribution < 1.29 is 34.6 Å². The quantitative estimate of drug-likeness (QED) is 0.254. The molecule has 1 heterocycles. The van der Waals surface area contributed by atoms with E-state index < -0.39 is 10.4 Å². The van der Waals surface area contributed by atoms with Gasteiger partial charge in [-0.1, -0.05) is 0 Å². The van der Waals surface area contributed by atoms with Crippen LogP contribution in [-0.4, -0.2) is 56.8 Å². The summed E-state index contributed by atoms with van der Waals surface area (Å²) in [6.07, 6.45) is 0. The minimum absolute atomic E-state index is 0. The van der Waals surface area contributed by atoms with Crippen molar-refractivity contribution in [2.75, 3.05) is 39.3 Å². The van der Waals surface area contributed by atoms with E-state index in [1.54, 1.807) is 0 Å². The third-order valence-corrected chi connectivity index (χ3v) is 1.44. The second kappa shape index (κ2) is 10.8. The van der Waals surface area contributed by atoms with Crippen LogP contribution in [0.3, 0.4) is 0 Å². The summed E-state index contributed by atoms with van der Waals surface area (Å²) in [7, 11) is -5.17. The van der Waals surface area contributed by atoms with E-state index in [0.717, 1.165) is 39.3 Å². The van der Waals surface area contributed by atoms with Crippen molar-refractivity contribution >= 4 is 10.4 Å². The molecule has 1 aliphatic heterocycles.